The maximum absolute atomic E-state index is 12.4. The van der Waals surface area contributed by atoms with Gasteiger partial charge >= 0.3 is 0 Å². The van der Waals surface area contributed by atoms with Gasteiger partial charge in [0.15, 0.2) is 0 Å². The molecule has 0 unspecified atom stereocenters. The minimum Gasteiger partial charge on any atom is -0.371 e. The first kappa shape index (κ1) is 13.1. The van der Waals surface area contributed by atoms with Gasteiger partial charge in [0.05, 0.1) is 5.52 Å². The quantitative estimate of drug-likeness (QED) is 0.743. The van der Waals surface area contributed by atoms with Crippen molar-refractivity contribution in [3.05, 3.63) is 61.1 Å². The first-order valence-electron chi connectivity index (χ1n) is 7.55. The Bertz CT molecular complexity index is 770. The molecule has 0 bridgehead atoms. The Morgan fingerprint density at radius 3 is 2.68 bits per heavy atom. The summed E-state index contributed by atoms with van der Waals surface area (Å²) in [5.41, 5.74) is 2.11. The van der Waals surface area contributed by atoms with Crippen LogP contribution in [0.4, 0.5) is 5.69 Å². The van der Waals surface area contributed by atoms with Crippen LogP contribution in [0.15, 0.2) is 61.1 Å². The molecule has 0 radical (unpaired) electrons. The van der Waals surface area contributed by atoms with Gasteiger partial charge in [0.2, 0.25) is 5.91 Å². The number of rotatable bonds is 3. The van der Waals surface area contributed by atoms with E-state index in [-0.39, 0.29) is 5.91 Å². The largest absolute Gasteiger partial charge is 0.371 e. The van der Waals surface area contributed by atoms with Gasteiger partial charge in [-0.1, -0.05) is 18.2 Å². The van der Waals surface area contributed by atoms with Gasteiger partial charge in [0.1, 0.15) is 0 Å². The molecule has 1 aromatic carbocycles. The topological polar surface area (TPSA) is 38.1 Å². The van der Waals surface area contributed by atoms with Crippen molar-refractivity contribution in [1.82, 2.24) is 9.55 Å². The number of nitrogens with zero attached hydrogens (tertiary/aromatic N) is 3. The van der Waals surface area contributed by atoms with E-state index in [1.54, 1.807) is 10.8 Å². The Balaban J connectivity index is 1.39. The summed E-state index contributed by atoms with van der Waals surface area (Å²) in [6, 6.07) is 14.2. The number of aromatic nitrogens is 2. The maximum atomic E-state index is 12.4. The molecule has 0 saturated carbocycles. The number of pyridine rings is 1. The van der Waals surface area contributed by atoms with E-state index in [2.05, 4.69) is 22.0 Å². The average Bonchev–Trinajstić information content (AvgIpc) is 2.95. The smallest absolute Gasteiger partial charge is 0.231 e. The zero-order valence-electron chi connectivity index (χ0n) is 12.2. The zero-order valence-corrected chi connectivity index (χ0v) is 12.2. The van der Waals surface area contributed by atoms with Crippen LogP contribution in [-0.4, -0.2) is 28.5 Å². The van der Waals surface area contributed by atoms with Crippen molar-refractivity contribution >= 4 is 22.5 Å². The highest BCUT2D eigenvalue weighted by Crippen LogP contribution is 2.26. The van der Waals surface area contributed by atoms with E-state index in [9.17, 15) is 4.79 Å². The Kier molecular flexibility index (Phi) is 3.15. The van der Waals surface area contributed by atoms with Gasteiger partial charge in [-0.25, -0.2) is 0 Å². The summed E-state index contributed by atoms with van der Waals surface area (Å²) in [6.07, 6.45) is 6.04. The second kappa shape index (κ2) is 5.30. The summed E-state index contributed by atoms with van der Waals surface area (Å²) in [6.45, 7) is 1.91. The van der Waals surface area contributed by atoms with Gasteiger partial charge in [-0.3, -0.25) is 14.3 Å². The van der Waals surface area contributed by atoms with Crippen LogP contribution in [0.25, 0.3) is 10.9 Å². The van der Waals surface area contributed by atoms with Gasteiger partial charge < -0.3 is 4.90 Å². The highest BCUT2D eigenvalue weighted by molar-refractivity contribution is 5.87. The lowest BCUT2D eigenvalue weighted by Crippen LogP contribution is -2.47. The number of benzene rings is 1. The SMILES string of the molecule is O=C(CC1CN(c2ccccc2)C1)n1cc2cccnc2c1. The number of carbonyl (C=O) groups excluding carboxylic acids is 1. The first-order valence-corrected chi connectivity index (χ1v) is 7.55. The fourth-order valence-corrected chi connectivity index (χ4v) is 3.01. The highest BCUT2D eigenvalue weighted by atomic mass is 16.2. The molecule has 1 aliphatic rings. The van der Waals surface area contributed by atoms with Crippen molar-refractivity contribution in [2.24, 2.45) is 5.92 Å². The third-order valence-corrected chi connectivity index (χ3v) is 4.24. The van der Waals surface area contributed by atoms with Crippen LogP contribution in [-0.2, 0) is 0 Å². The van der Waals surface area contributed by atoms with Crippen molar-refractivity contribution in [3.8, 4) is 0 Å². The number of hydrogen-bond acceptors (Lipinski definition) is 3. The number of carbonyl (C=O) groups is 1. The van der Waals surface area contributed by atoms with E-state index < -0.39 is 0 Å². The molecule has 3 heterocycles. The van der Waals surface area contributed by atoms with Crippen molar-refractivity contribution in [2.75, 3.05) is 18.0 Å². The van der Waals surface area contributed by atoms with Crippen LogP contribution in [0.3, 0.4) is 0 Å². The summed E-state index contributed by atoms with van der Waals surface area (Å²) < 4.78 is 1.68. The van der Waals surface area contributed by atoms with Crippen LogP contribution >= 0.6 is 0 Å². The lowest BCUT2D eigenvalue weighted by molar-refractivity contribution is 0.0872. The fourth-order valence-electron chi connectivity index (χ4n) is 3.01. The van der Waals surface area contributed by atoms with E-state index in [0.29, 0.717) is 12.3 Å². The molecule has 22 heavy (non-hydrogen) atoms. The number of fused-ring (bicyclic) bond motifs is 1. The van der Waals surface area contributed by atoms with Gasteiger partial charge in [-0.15, -0.1) is 0 Å². The molecule has 1 fully saturated rings. The predicted molar refractivity (Wildman–Crippen MR) is 87.1 cm³/mol. The van der Waals surface area contributed by atoms with Gasteiger partial charge in [-0.2, -0.15) is 0 Å². The van der Waals surface area contributed by atoms with Gasteiger partial charge in [0, 0.05) is 55.1 Å². The van der Waals surface area contributed by atoms with Crippen molar-refractivity contribution < 1.29 is 4.79 Å². The van der Waals surface area contributed by atoms with Gasteiger partial charge in [-0.05, 0) is 24.3 Å². The number of para-hydroxylation sites is 1. The molecule has 4 nitrogen and oxygen atoms in total. The number of hydrogen-bond donors (Lipinski definition) is 0. The molecule has 110 valence electrons. The van der Waals surface area contributed by atoms with Crippen molar-refractivity contribution in [3.63, 3.8) is 0 Å². The van der Waals surface area contributed by atoms with E-state index in [1.165, 1.54) is 5.69 Å². The van der Waals surface area contributed by atoms with Crippen molar-refractivity contribution in [1.29, 1.82) is 0 Å². The summed E-state index contributed by atoms with van der Waals surface area (Å²) in [4.78, 5) is 19.0. The molecule has 0 spiro atoms. The minimum atomic E-state index is 0.149. The van der Waals surface area contributed by atoms with Crippen LogP contribution in [0.5, 0.6) is 0 Å². The molecular formula is C18H17N3O. The van der Waals surface area contributed by atoms with Crippen LogP contribution in [0.1, 0.15) is 11.2 Å². The Hall–Kier alpha value is -2.62. The van der Waals surface area contributed by atoms with Gasteiger partial charge in [0.25, 0.3) is 0 Å². The number of anilines is 1. The van der Waals surface area contributed by atoms with Crippen molar-refractivity contribution in [2.45, 2.75) is 6.42 Å². The zero-order chi connectivity index (χ0) is 14.9. The van der Waals surface area contributed by atoms with Crippen LogP contribution in [0, 0.1) is 5.92 Å². The van der Waals surface area contributed by atoms with E-state index >= 15 is 0 Å². The third kappa shape index (κ3) is 2.37. The molecule has 4 rings (SSSR count). The standard InChI is InChI=1S/C18H17N3O/c22-18(21-12-15-5-4-8-19-17(15)13-21)9-14-10-20(11-14)16-6-2-1-3-7-16/h1-8,12-14H,9-11H2. The second-order valence-electron chi connectivity index (χ2n) is 5.85. The van der Waals surface area contributed by atoms with E-state index in [0.717, 1.165) is 24.0 Å². The molecule has 0 aliphatic carbocycles. The Labute approximate surface area is 129 Å². The van der Waals surface area contributed by atoms with Crippen LogP contribution < -0.4 is 4.90 Å². The summed E-state index contributed by atoms with van der Waals surface area (Å²) in [7, 11) is 0. The van der Waals surface area contributed by atoms with E-state index in [4.69, 9.17) is 0 Å². The lowest BCUT2D eigenvalue weighted by Gasteiger charge is -2.40. The molecule has 4 heteroatoms. The molecule has 2 aromatic heterocycles. The summed E-state index contributed by atoms with van der Waals surface area (Å²) >= 11 is 0. The first-order chi connectivity index (χ1) is 10.8. The van der Waals surface area contributed by atoms with Crippen LogP contribution in [0.2, 0.25) is 0 Å². The minimum absolute atomic E-state index is 0.149. The Morgan fingerprint density at radius 1 is 1.09 bits per heavy atom. The maximum Gasteiger partial charge on any atom is 0.231 e. The highest BCUT2D eigenvalue weighted by Gasteiger charge is 2.29. The lowest BCUT2D eigenvalue weighted by atomic mass is 9.95. The summed E-state index contributed by atoms with van der Waals surface area (Å²) in [5, 5.41) is 1.01. The molecule has 0 N–H and O–H groups in total. The predicted octanol–water partition coefficient (Wildman–Crippen LogP) is 3.20. The molecule has 3 aromatic rings. The normalized spacial score (nSPS) is 15.0. The molecule has 0 atom stereocenters. The average molecular weight is 291 g/mol. The third-order valence-electron chi connectivity index (χ3n) is 4.24. The molecular weight excluding hydrogens is 274 g/mol. The molecule has 0 amide bonds. The Morgan fingerprint density at radius 2 is 1.91 bits per heavy atom. The molecule has 1 aliphatic heterocycles. The van der Waals surface area contributed by atoms with E-state index in [1.807, 2.05) is 42.7 Å². The monoisotopic (exact) mass is 291 g/mol. The second-order valence-corrected chi connectivity index (χ2v) is 5.85. The fraction of sp³-hybridized carbons (Fsp3) is 0.222. The molecule has 1 saturated heterocycles. The summed E-state index contributed by atoms with van der Waals surface area (Å²) in [5.74, 6) is 0.585.